The summed E-state index contributed by atoms with van der Waals surface area (Å²) in [7, 11) is 0. The summed E-state index contributed by atoms with van der Waals surface area (Å²) in [5.41, 5.74) is 8.52. The molecular weight excluding hydrogens is 574 g/mol. The second-order valence-electron chi connectivity index (χ2n) is 13.0. The molecule has 0 saturated carbocycles. The molecule has 0 spiro atoms. The molecule has 0 radical (unpaired) electrons. The summed E-state index contributed by atoms with van der Waals surface area (Å²) in [6.45, 7) is 7.31. The molecule has 0 fully saturated rings. The third kappa shape index (κ3) is 9.07. The molecule has 1 aliphatic heterocycles. The van der Waals surface area contributed by atoms with E-state index in [2.05, 4.69) is 98.5 Å². The number of rotatable bonds is 15. The SMILES string of the molecule is CCCCCCCCCCCCN1C(/C=C/c2ccc(C)cc2)=CC(=C2C(=O)c3ccccc3C2=O)C=C1/C=C/c1ccc(C)cc1. The number of hydrogen-bond acceptors (Lipinski definition) is 3. The zero-order chi connectivity index (χ0) is 33.0. The molecule has 0 bridgehead atoms. The van der Waals surface area contributed by atoms with Crippen molar-refractivity contribution in [1.82, 2.24) is 4.90 Å². The summed E-state index contributed by atoms with van der Waals surface area (Å²) in [5.74, 6) is -0.389. The molecule has 1 aliphatic carbocycles. The first-order chi connectivity index (χ1) is 22.9. The molecule has 0 unspecified atom stereocenters. The van der Waals surface area contributed by atoms with Gasteiger partial charge in [-0.05, 0) is 61.3 Å². The lowest BCUT2D eigenvalue weighted by Gasteiger charge is -2.31. The number of aryl methyl sites for hydroxylation is 2. The van der Waals surface area contributed by atoms with E-state index in [1.54, 1.807) is 12.1 Å². The average molecular weight is 624 g/mol. The fourth-order valence-corrected chi connectivity index (χ4v) is 6.33. The fraction of sp³-hybridized carbons (Fsp3) is 0.318. The van der Waals surface area contributed by atoms with Crippen molar-refractivity contribution in [2.24, 2.45) is 0 Å². The Morgan fingerprint density at radius 2 is 0.957 bits per heavy atom. The Morgan fingerprint density at radius 1 is 0.532 bits per heavy atom. The maximum Gasteiger partial charge on any atom is 0.198 e. The van der Waals surface area contributed by atoms with Crippen LogP contribution in [0.25, 0.3) is 12.2 Å². The van der Waals surface area contributed by atoms with E-state index in [-0.39, 0.29) is 17.1 Å². The van der Waals surface area contributed by atoms with Crippen LogP contribution in [-0.2, 0) is 0 Å². The van der Waals surface area contributed by atoms with Gasteiger partial charge in [0.1, 0.15) is 0 Å². The highest BCUT2D eigenvalue weighted by Crippen LogP contribution is 2.34. The number of benzene rings is 3. The van der Waals surface area contributed by atoms with Crippen molar-refractivity contribution in [3.63, 3.8) is 0 Å². The molecule has 0 atom stereocenters. The highest BCUT2D eigenvalue weighted by Gasteiger charge is 2.35. The van der Waals surface area contributed by atoms with Crippen LogP contribution in [0.1, 0.15) is 114 Å². The van der Waals surface area contributed by atoms with Gasteiger partial charge in [-0.2, -0.15) is 0 Å². The molecule has 5 rings (SSSR count). The molecule has 47 heavy (non-hydrogen) atoms. The van der Waals surface area contributed by atoms with Gasteiger partial charge in [-0.25, -0.2) is 0 Å². The lowest BCUT2D eigenvalue weighted by atomic mass is 9.97. The zero-order valence-corrected chi connectivity index (χ0v) is 28.4. The Hall–Kier alpha value is -4.50. The van der Waals surface area contributed by atoms with Gasteiger partial charge >= 0.3 is 0 Å². The average Bonchev–Trinajstić information content (AvgIpc) is 3.34. The Morgan fingerprint density at radius 3 is 1.40 bits per heavy atom. The zero-order valence-electron chi connectivity index (χ0n) is 28.4. The minimum Gasteiger partial charge on any atom is -0.341 e. The summed E-state index contributed by atoms with van der Waals surface area (Å²) >= 11 is 0. The van der Waals surface area contributed by atoms with Crippen molar-refractivity contribution in [2.45, 2.75) is 85.0 Å². The Kier molecular flexibility index (Phi) is 12.2. The van der Waals surface area contributed by atoms with E-state index < -0.39 is 0 Å². The van der Waals surface area contributed by atoms with Gasteiger partial charge in [0, 0.05) is 29.1 Å². The van der Waals surface area contributed by atoms with E-state index in [4.69, 9.17) is 0 Å². The Balaban J connectivity index is 1.44. The van der Waals surface area contributed by atoms with E-state index in [1.807, 2.05) is 24.3 Å². The van der Waals surface area contributed by atoms with Gasteiger partial charge in [-0.1, -0.05) is 161 Å². The predicted octanol–water partition coefficient (Wildman–Crippen LogP) is 11.4. The normalized spacial score (nSPS) is 14.8. The van der Waals surface area contributed by atoms with Crippen molar-refractivity contribution < 1.29 is 9.59 Å². The molecule has 1 heterocycles. The van der Waals surface area contributed by atoms with Crippen molar-refractivity contribution in [3.05, 3.63) is 153 Å². The second-order valence-corrected chi connectivity index (χ2v) is 13.0. The number of carbonyl (C=O) groups is 2. The third-order valence-electron chi connectivity index (χ3n) is 9.17. The highest BCUT2D eigenvalue weighted by molar-refractivity contribution is 6.40. The van der Waals surface area contributed by atoms with E-state index in [1.165, 1.54) is 68.9 Å². The molecule has 3 aromatic rings. The summed E-state index contributed by atoms with van der Waals surface area (Å²) in [5, 5.41) is 0. The monoisotopic (exact) mass is 623 g/mol. The minimum absolute atomic E-state index is 0.194. The van der Waals surface area contributed by atoms with Crippen molar-refractivity contribution in [2.75, 3.05) is 6.54 Å². The van der Waals surface area contributed by atoms with Crippen LogP contribution >= 0.6 is 0 Å². The number of Topliss-reactive ketones (excluding diaryl/α,β-unsaturated/α-hetero) is 2. The largest absolute Gasteiger partial charge is 0.341 e. The molecule has 242 valence electrons. The molecule has 0 aromatic heterocycles. The Labute approximate surface area is 282 Å². The summed E-state index contributed by atoms with van der Waals surface area (Å²) < 4.78 is 0. The number of ketones is 2. The number of unbranched alkanes of at least 4 members (excludes halogenated alkanes) is 9. The number of carbonyl (C=O) groups excluding carboxylic acids is 2. The van der Waals surface area contributed by atoms with E-state index in [0.29, 0.717) is 16.7 Å². The smallest absolute Gasteiger partial charge is 0.198 e. The minimum atomic E-state index is -0.194. The Bertz CT molecular complexity index is 1580. The van der Waals surface area contributed by atoms with Crippen molar-refractivity contribution >= 4 is 23.7 Å². The van der Waals surface area contributed by atoms with Crippen LogP contribution in [0.15, 0.2) is 120 Å². The number of fused-ring (bicyclic) bond motifs is 1. The van der Waals surface area contributed by atoms with Crippen molar-refractivity contribution in [1.29, 1.82) is 0 Å². The van der Waals surface area contributed by atoms with Gasteiger partial charge in [0.05, 0.1) is 5.57 Å². The van der Waals surface area contributed by atoms with Gasteiger partial charge in [-0.3, -0.25) is 9.59 Å². The van der Waals surface area contributed by atoms with Gasteiger partial charge < -0.3 is 4.90 Å². The van der Waals surface area contributed by atoms with Crippen molar-refractivity contribution in [3.8, 4) is 0 Å². The van der Waals surface area contributed by atoms with Crippen LogP contribution in [0.5, 0.6) is 0 Å². The number of allylic oxidation sites excluding steroid dienone is 6. The van der Waals surface area contributed by atoms with Crippen LogP contribution < -0.4 is 0 Å². The maximum absolute atomic E-state index is 13.6. The van der Waals surface area contributed by atoms with E-state index in [0.717, 1.165) is 35.5 Å². The number of nitrogens with zero attached hydrogens (tertiary/aromatic N) is 1. The summed E-state index contributed by atoms with van der Waals surface area (Å²) in [6, 6.07) is 24.1. The van der Waals surface area contributed by atoms with Crippen LogP contribution in [0, 0.1) is 13.8 Å². The molecule has 0 amide bonds. The first-order valence-electron chi connectivity index (χ1n) is 17.6. The molecule has 0 N–H and O–H groups in total. The molecule has 0 saturated heterocycles. The molecule has 3 aromatic carbocycles. The molecule has 3 nitrogen and oxygen atoms in total. The van der Waals surface area contributed by atoms with E-state index >= 15 is 0 Å². The molecule has 3 heteroatoms. The first kappa shape index (κ1) is 33.9. The second kappa shape index (κ2) is 16.9. The van der Waals surface area contributed by atoms with Gasteiger partial charge in [-0.15, -0.1) is 0 Å². The highest BCUT2D eigenvalue weighted by atomic mass is 16.2. The van der Waals surface area contributed by atoms with Gasteiger partial charge in [0.25, 0.3) is 0 Å². The fourth-order valence-electron chi connectivity index (χ4n) is 6.33. The van der Waals surface area contributed by atoms with E-state index in [9.17, 15) is 9.59 Å². The standard InChI is InChI=1S/C44H49NO2/c1-4-5-6-7-8-9-10-11-12-15-30-45-38(28-26-35-22-18-33(2)19-23-35)31-37(32-39(45)29-27-36-24-20-34(3)21-25-36)42-43(46)40-16-13-14-17-41(40)44(42)47/h13-14,16-29,31-32H,4-12,15,30H2,1-3H3/b28-26+,29-27+. The summed E-state index contributed by atoms with van der Waals surface area (Å²) in [6.07, 6.45) is 25.4. The van der Waals surface area contributed by atoms with Crippen LogP contribution in [0.2, 0.25) is 0 Å². The number of hydrogen-bond donors (Lipinski definition) is 0. The van der Waals surface area contributed by atoms with Crippen LogP contribution in [0.4, 0.5) is 0 Å². The molecule has 2 aliphatic rings. The lowest BCUT2D eigenvalue weighted by molar-refractivity contribution is 0.0988. The lowest BCUT2D eigenvalue weighted by Crippen LogP contribution is -2.25. The predicted molar refractivity (Wildman–Crippen MR) is 197 cm³/mol. The first-order valence-corrected chi connectivity index (χ1v) is 17.6. The molecular formula is C44H49NO2. The quantitative estimate of drug-likeness (QED) is 0.0960. The van der Waals surface area contributed by atoms with Crippen LogP contribution in [0.3, 0.4) is 0 Å². The topological polar surface area (TPSA) is 37.4 Å². The third-order valence-corrected chi connectivity index (χ3v) is 9.17. The van der Waals surface area contributed by atoms with Gasteiger partial charge in [0.15, 0.2) is 11.6 Å². The van der Waals surface area contributed by atoms with Gasteiger partial charge in [0.2, 0.25) is 0 Å². The maximum atomic E-state index is 13.6. The van der Waals surface area contributed by atoms with Crippen LogP contribution in [-0.4, -0.2) is 23.0 Å². The summed E-state index contributed by atoms with van der Waals surface area (Å²) in [4.78, 5) is 29.6.